The average Bonchev–Trinajstić information content (AvgIpc) is 2.59. The van der Waals surface area contributed by atoms with Gasteiger partial charge in [-0.05, 0) is 24.6 Å². The summed E-state index contributed by atoms with van der Waals surface area (Å²) >= 11 is 0. The fourth-order valence-corrected chi connectivity index (χ4v) is 1.33. The Bertz CT molecular complexity index is 437. The molecule has 2 rings (SSSR count). The number of aromatic nitrogens is 1. The van der Waals surface area contributed by atoms with E-state index in [1.807, 2.05) is 19.1 Å². The molecule has 2 amide bonds. The van der Waals surface area contributed by atoms with Crippen molar-refractivity contribution in [2.75, 3.05) is 0 Å². The largest absolute Gasteiger partial charge is 0.316 e. The highest BCUT2D eigenvalue weighted by molar-refractivity contribution is 6.45. The van der Waals surface area contributed by atoms with Crippen LogP contribution in [-0.4, -0.2) is 22.8 Å². The molecule has 0 spiro atoms. The van der Waals surface area contributed by atoms with Crippen molar-refractivity contribution in [3.8, 4) is 0 Å². The topological polar surface area (TPSA) is 83.5 Å². The van der Waals surface area contributed by atoms with E-state index in [0.717, 1.165) is 5.56 Å². The van der Waals surface area contributed by atoms with Crippen molar-refractivity contribution in [1.29, 1.82) is 0 Å². The molecule has 1 aromatic rings. The molecule has 16 heavy (non-hydrogen) atoms. The van der Waals surface area contributed by atoms with E-state index in [2.05, 4.69) is 20.6 Å². The Hall–Kier alpha value is -2.24. The highest BCUT2D eigenvalue weighted by Crippen LogP contribution is 2.14. The van der Waals surface area contributed by atoms with E-state index in [0.29, 0.717) is 0 Å². The Kier molecular flexibility index (Phi) is 2.63. The monoisotopic (exact) mass is 218 g/mol. The lowest BCUT2D eigenvalue weighted by Gasteiger charge is -2.06. The zero-order valence-corrected chi connectivity index (χ0v) is 8.60. The highest BCUT2D eigenvalue weighted by atomic mass is 16.2. The van der Waals surface area contributed by atoms with Gasteiger partial charge >= 0.3 is 11.8 Å². The summed E-state index contributed by atoms with van der Waals surface area (Å²) in [5, 5.41) is 4.68. The summed E-state index contributed by atoms with van der Waals surface area (Å²) in [5.41, 5.74) is 0.956. The fourth-order valence-electron chi connectivity index (χ4n) is 1.33. The molecular formula is C10H10N4O2. The molecule has 1 aliphatic rings. The molecule has 0 radical (unpaired) electrons. The van der Waals surface area contributed by atoms with Gasteiger partial charge in [-0.3, -0.25) is 25.2 Å². The fraction of sp³-hybridized carbons (Fsp3) is 0.200. The molecule has 6 nitrogen and oxygen atoms in total. The molecule has 2 heterocycles. The number of carbonyl (C=O) groups is 2. The lowest BCUT2D eigenvalue weighted by molar-refractivity contribution is -0.135. The van der Waals surface area contributed by atoms with Crippen LogP contribution in [0.1, 0.15) is 18.5 Å². The van der Waals surface area contributed by atoms with Crippen LogP contribution >= 0.6 is 0 Å². The lowest BCUT2D eigenvalue weighted by atomic mass is 10.1. The van der Waals surface area contributed by atoms with Crippen molar-refractivity contribution in [3.63, 3.8) is 0 Å². The quantitative estimate of drug-likeness (QED) is 0.671. The normalized spacial score (nSPS) is 16.7. The van der Waals surface area contributed by atoms with E-state index in [9.17, 15) is 9.59 Å². The molecule has 6 heteroatoms. The van der Waals surface area contributed by atoms with Crippen molar-refractivity contribution < 1.29 is 9.59 Å². The number of rotatable bonds is 2. The predicted octanol–water partition coefficient (Wildman–Crippen LogP) is -0.255. The minimum Gasteiger partial charge on any atom is -0.288 e. The van der Waals surface area contributed by atoms with E-state index < -0.39 is 11.8 Å². The molecule has 1 atom stereocenters. The third kappa shape index (κ3) is 2.05. The zero-order valence-electron chi connectivity index (χ0n) is 8.60. The van der Waals surface area contributed by atoms with Crippen LogP contribution in [0, 0.1) is 0 Å². The summed E-state index contributed by atoms with van der Waals surface area (Å²) in [6.45, 7) is 1.86. The first-order valence-electron chi connectivity index (χ1n) is 4.77. The highest BCUT2D eigenvalue weighted by Gasteiger charge is 2.25. The Morgan fingerprint density at radius 3 is 2.31 bits per heavy atom. The van der Waals surface area contributed by atoms with Gasteiger partial charge in [0.05, 0.1) is 6.04 Å². The molecule has 0 saturated carbocycles. The van der Waals surface area contributed by atoms with E-state index in [1.54, 1.807) is 12.4 Å². The van der Waals surface area contributed by atoms with Crippen LogP contribution in [0.15, 0.2) is 29.5 Å². The van der Waals surface area contributed by atoms with Crippen molar-refractivity contribution in [3.05, 3.63) is 30.1 Å². The van der Waals surface area contributed by atoms with Crippen LogP contribution in [0.4, 0.5) is 0 Å². The average molecular weight is 218 g/mol. The lowest BCUT2D eigenvalue weighted by Crippen LogP contribution is -2.26. The molecule has 2 N–H and O–H groups in total. The maximum atomic E-state index is 10.9. The smallest absolute Gasteiger partial charge is 0.288 e. The second-order valence-corrected chi connectivity index (χ2v) is 3.34. The predicted molar refractivity (Wildman–Crippen MR) is 56.4 cm³/mol. The van der Waals surface area contributed by atoms with Crippen LogP contribution in [-0.2, 0) is 9.59 Å². The van der Waals surface area contributed by atoms with Crippen molar-refractivity contribution >= 4 is 17.8 Å². The molecule has 1 aliphatic heterocycles. The summed E-state index contributed by atoms with van der Waals surface area (Å²) in [4.78, 5) is 29.8. The van der Waals surface area contributed by atoms with Gasteiger partial charge in [-0.2, -0.15) is 0 Å². The molecule has 0 aromatic carbocycles. The first kappa shape index (κ1) is 10.3. The first-order valence-corrected chi connectivity index (χ1v) is 4.77. The summed E-state index contributed by atoms with van der Waals surface area (Å²) in [7, 11) is 0. The standard InChI is InChI=1S/C10H10N4O2/c1-6(7-2-4-11-5-3-7)12-10-13-8(15)9(16)14-10/h2-6H,1H3,(H2,12,13,14,15,16). The van der Waals surface area contributed by atoms with Gasteiger partial charge in [-0.25, -0.2) is 4.99 Å². The number of pyridine rings is 1. The number of hydrogen-bond donors (Lipinski definition) is 2. The maximum absolute atomic E-state index is 10.9. The van der Waals surface area contributed by atoms with Gasteiger partial charge in [0.1, 0.15) is 0 Å². The first-order chi connectivity index (χ1) is 7.66. The van der Waals surface area contributed by atoms with Gasteiger partial charge in [0, 0.05) is 12.4 Å². The molecule has 1 fully saturated rings. The summed E-state index contributed by atoms with van der Waals surface area (Å²) in [6, 6.07) is 3.50. The van der Waals surface area contributed by atoms with Crippen molar-refractivity contribution in [2.45, 2.75) is 13.0 Å². The molecule has 0 aliphatic carbocycles. The summed E-state index contributed by atoms with van der Waals surface area (Å²) in [5.74, 6) is -1.17. The van der Waals surface area contributed by atoms with Crippen molar-refractivity contribution in [2.24, 2.45) is 4.99 Å². The second kappa shape index (κ2) is 4.09. The van der Waals surface area contributed by atoms with Gasteiger partial charge in [0.25, 0.3) is 0 Å². The third-order valence-electron chi connectivity index (χ3n) is 2.18. The minimum atomic E-state index is -0.680. The van der Waals surface area contributed by atoms with Crippen molar-refractivity contribution in [1.82, 2.24) is 15.6 Å². The number of nitrogens with one attached hydrogen (secondary N) is 2. The van der Waals surface area contributed by atoms with E-state index in [4.69, 9.17) is 0 Å². The Balaban J connectivity index is 2.14. The Morgan fingerprint density at radius 2 is 1.75 bits per heavy atom. The van der Waals surface area contributed by atoms with E-state index in [1.165, 1.54) is 0 Å². The van der Waals surface area contributed by atoms with Gasteiger partial charge < -0.3 is 0 Å². The maximum Gasteiger partial charge on any atom is 0.316 e. The molecule has 1 saturated heterocycles. The number of amides is 2. The summed E-state index contributed by atoms with van der Waals surface area (Å²) in [6.07, 6.45) is 3.33. The van der Waals surface area contributed by atoms with Crippen LogP contribution in [0.5, 0.6) is 0 Å². The zero-order chi connectivity index (χ0) is 11.5. The molecule has 82 valence electrons. The Labute approximate surface area is 91.8 Å². The molecular weight excluding hydrogens is 208 g/mol. The summed E-state index contributed by atoms with van der Waals surface area (Å²) < 4.78 is 0. The van der Waals surface area contributed by atoms with E-state index in [-0.39, 0.29) is 12.0 Å². The van der Waals surface area contributed by atoms with Gasteiger partial charge in [-0.1, -0.05) is 0 Å². The van der Waals surface area contributed by atoms with E-state index >= 15 is 0 Å². The van der Waals surface area contributed by atoms with Crippen LogP contribution in [0.2, 0.25) is 0 Å². The third-order valence-corrected chi connectivity index (χ3v) is 2.18. The van der Waals surface area contributed by atoms with Gasteiger partial charge in [0.2, 0.25) is 5.96 Å². The molecule has 0 bridgehead atoms. The van der Waals surface area contributed by atoms with Gasteiger partial charge in [0.15, 0.2) is 0 Å². The van der Waals surface area contributed by atoms with Crippen LogP contribution in [0.25, 0.3) is 0 Å². The van der Waals surface area contributed by atoms with Crippen LogP contribution < -0.4 is 10.6 Å². The molecule has 1 aromatic heterocycles. The Morgan fingerprint density at radius 1 is 1.19 bits per heavy atom. The number of carbonyl (C=O) groups excluding carboxylic acids is 2. The van der Waals surface area contributed by atoms with Gasteiger partial charge in [-0.15, -0.1) is 0 Å². The number of nitrogens with zero attached hydrogens (tertiary/aromatic N) is 2. The van der Waals surface area contributed by atoms with Crippen LogP contribution in [0.3, 0.4) is 0 Å². The number of aliphatic imine (C=N–C) groups is 1. The second-order valence-electron chi connectivity index (χ2n) is 3.34. The SMILES string of the molecule is CC(N=C1NC(=O)C(=O)N1)c1ccncc1. The number of guanidine groups is 1. The molecule has 1 unspecified atom stereocenters. The minimum absolute atomic E-state index is 0.156. The number of hydrogen-bond acceptors (Lipinski definition) is 4.